The van der Waals surface area contributed by atoms with Gasteiger partial charge in [0, 0.05) is 12.1 Å². The number of carbonyl (C=O) groups is 1. The zero-order valence-electron chi connectivity index (χ0n) is 9.87. The highest BCUT2D eigenvalue weighted by Gasteiger charge is 2.06. The number of rotatable bonds is 5. The molecule has 17 heavy (non-hydrogen) atoms. The van der Waals surface area contributed by atoms with E-state index in [0.717, 1.165) is 11.3 Å². The van der Waals surface area contributed by atoms with Gasteiger partial charge in [-0.05, 0) is 30.7 Å². The summed E-state index contributed by atoms with van der Waals surface area (Å²) in [5.74, 6) is 0.637. The fraction of sp³-hybridized carbons (Fsp3) is 0.417. The van der Waals surface area contributed by atoms with Gasteiger partial charge in [0.25, 0.3) is 0 Å². The van der Waals surface area contributed by atoms with Crippen molar-refractivity contribution in [2.24, 2.45) is 0 Å². The van der Waals surface area contributed by atoms with E-state index in [4.69, 9.17) is 27.9 Å². The first-order valence-electron chi connectivity index (χ1n) is 5.23. The summed E-state index contributed by atoms with van der Waals surface area (Å²) in [6.45, 7) is 2.85. The quantitative estimate of drug-likeness (QED) is 0.774. The molecule has 0 saturated heterocycles. The SMILES string of the molecule is Cc1cc(OCCN(C)C(=O)CCl)ccc1Cl. The predicted molar refractivity (Wildman–Crippen MR) is 70.0 cm³/mol. The van der Waals surface area contributed by atoms with Crippen molar-refractivity contribution < 1.29 is 9.53 Å². The van der Waals surface area contributed by atoms with Crippen molar-refractivity contribution in [3.05, 3.63) is 28.8 Å². The number of carbonyl (C=O) groups excluding carboxylic acids is 1. The smallest absolute Gasteiger partial charge is 0.237 e. The highest BCUT2D eigenvalue weighted by Crippen LogP contribution is 2.20. The van der Waals surface area contributed by atoms with Gasteiger partial charge in [0.15, 0.2) is 0 Å². The van der Waals surface area contributed by atoms with Gasteiger partial charge in [0.2, 0.25) is 5.91 Å². The van der Waals surface area contributed by atoms with Crippen LogP contribution in [-0.4, -0.2) is 36.9 Å². The zero-order valence-corrected chi connectivity index (χ0v) is 11.4. The average molecular weight is 276 g/mol. The molecule has 1 aromatic rings. The Kier molecular flexibility index (Phi) is 5.59. The summed E-state index contributed by atoms with van der Waals surface area (Å²) in [7, 11) is 1.70. The molecule has 0 aromatic heterocycles. The van der Waals surface area contributed by atoms with Crippen molar-refractivity contribution in [3.63, 3.8) is 0 Å². The third-order valence-electron chi connectivity index (χ3n) is 2.36. The van der Waals surface area contributed by atoms with Gasteiger partial charge in [-0.1, -0.05) is 11.6 Å². The van der Waals surface area contributed by atoms with Crippen LogP contribution in [0.4, 0.5) is 0 Å². The van der Waals surface area contributed by atoms with E-state index >= 15 is 0 Å². The van der Waals surface area contributed by atoms with Crippen molar-refractivity contribution in [1.29, 1.82) is 0 Å². The molecule has 0 unspecified atom stereocenters. The second-order valence-corrected chi connectivity index (χ2v) is 4.38. The molecule has 5 heteroatoms. The fourth-order valence-electron chi connectivity index (χ4n) is 1.23. The molecular weight excluding hydrogens is 261 g/mol. The van der Waals surface area contributed by atoms with E-state index in [0.29, 0.717) is 18.2 Å². The Morgan fingerprint density at radius 2 is 2.18 bits per heavy atom. The Morgan fingerprint density at radius 3 is 2.76 bits per heavy atom. The number of halogens is 2. The highest BCUT2D eigenvalue weighted by atomic mass is 35.5. The average Bonchev–Trinajstić information content (AvgIpc) is 2.32. The molecule has 0 aliphatic carbocycles. The lowest BCUT2D eigenvalue weighted by Gasteiger charge is -2.16. The molecule has 0 spiro atoms. The van der Waals surface area contributed by atoms with Crippen molar-refractivity contribution in [2.75, 3.05) is 26.1 Å². The first-order valence-corrected chi connectivity index (χ1v) is 6.14. The van der Waals surface area contributed by atoms with E-state index in [1.807, 2.05) is 13.0 Å². The summed E-state index contributed by atoms with van der Waals surface area (Å²) in [6, 6.07) is 5.46. The van der Waals surface area contributed by atoms with E-state index in [1.54, 1.807) is 19.2 Å². The van der Waals surface area contributed by atoms with Crippen molar-refractivity contribution in [2.45, 2.75) is 6.92 Å². The lowest BCUT2D eigenvalue weighted by molar-refractivity contribution is -0.127. The third kappa shape index (κ3) is 4.44. The number of alkyl halides is 1. The van der Waals surface area contributed by atoms with Crippen LogP contribution in [-0.2, 0) is 4.79 Å². The maximum absolute atomic E-state index is 11.2. The monoisotopic (exact) mass is 275 g/mol. The van der Waals surface area contributed by atoms with Gasteiger partial charge in [-0.25, -0.2) is 0 Å². The Bertz CT molecular complexity index is 396. The molecule has 1 rings (SSSR count). The van der Waals surface area contributed by atoms with Crippen molar-refractivity contribution >= 4 is 29.1 Å². The minimum absolute atomic E-state index is 0.00342. The van der Waals surface area contributed by atoms with Crippen molar-refractivity contribution in [1.82, 2.24) is 4.90 Å². The second-order valence-electron chi connectivity index (χ2n) is 3.71. The zero-order chi connectivity index (χ0) is 12.8. The van der Waals surface area contributed by atoms with E-state index < -0.39 is 0 Å². The summed E-state index contributed by atoms with van der Waals surface area (Å²) in [5.41, 5.74) is 0.967. The molecule has 0 atom stereocenters. The van der Waals surface area contributed by atoms with Crippen LogP contribution in [0.2, 0.25) is 5.02 Å². The number of amides is 1. The molecular formula is C12H15Cl2NO2. The van der Waals surface area contributed by atoms with Gasteiger partial charge in [-0.3, -0.25) is 4.79 Å². The number of ether oxygens (including phenoxy) is 1. The number of benzene rings is 1. The Morgan fingerprint density at radius 1 is 1.47 bits per heavy atom. The van der Waals surface area contributed by atoms with Crippen LogP contribution >= 0.6 is 23.2 Å². The van der Waals surface area contributed by atoms with E-state index in [-0.39, 0.29) is 11.8 Å². The van der Waals surface area contributed by atoms with E-state index in [1.165, 1.54) is 4.90 Å². The van der Waals surface area contributed by atoms with Crippen LogP contribution in [0, 0.1) is 6.92 Å². The van der Waals surface area contributed by atoms with Gasteiger partial charge < -0.3 is 9.64 Å². The minimum Gasteiger partial charge on any atom is -0.492 e. The van der Waals surface area contributed by atoms with Gasteiger partial charge in [0.05, 0.1) is 6.54 Å². The number of likely N-dealkylation sites (N-methyl/N-ethyl adjacent to an activating group) is 1. The van der Waals surface area contributed by atoms with Crippen molar-refractivity contribution in [3.8, 4) is 5.75 Å². The third-order valence-corrected chi connectivity index (χ3v) is 3.02. The number of hydrogen-bond donors (Lipinski definition) is 0. The molecule has 94 valence electrons. The Hall–Kier alpha value is -0.930. The number of nitrogens with zero attached hydrogens (tertiary/aromatic N) is 1. The Balaban J connectivity index is 2.40. The van der Waals surface area contributed by atoms with Crippen LogP contribution < -0.4 is 4.74 Å². The van der Waals surface area contributed by atoms with Crippen LogP contribution in [0.15, 0.2) is 18.2 Å². The van der Waals surface area contributed by atoms with Crippen LogP contribution in [0.25, 0.3) is 0 Å². The largest absolute Gasteiger partial charge is 0.492 e. The lowest BCUT2D eigenvalue weighted by atomic mass is 10.2. The molecule has 1 amide bonds. The maximum atomic E-state index is 11.2. The molecule has 0 heterocycles. The van der Waals surface area contributed by atoms with Crippen LogP contribution in [0.5, 0.6) is 5.75 Å². The molecule has 1 aromatic carbocycles. The standard InChI is InChI=1S/C12H15Cl2NO2/c1-9-7-10(3-4-11(9)14)17-6-5-15(2)12(16)8-13/h3-4,7H,5-6,8H2,1-2H3. The summed E-state index contributed by atoms with van der Waals surface area (Å²) in [4.78, 5) is 12.7. The van der Waals surface area contributed by atoms with Gasteiger partial charge in [-0.2, -0.15) is 0 Å². The van der Waals surface area contributed by atoms with E-state index in [2.05, 4.69) is 0 Å². The van der Waals surface area contributed by atoms with Gasteiger partial charge >= 0.3 is 0 Å². The number of hydrogen-bond acceptors (Lipinski definition) is 2. The summed E-state index contributed by atoms with van der Waals surface area (Å²) < 4.78 is 5.51. The molecule has 0 aliphatic heterocycles. The van der Waals surface area contributed by atoms with E-state index in [9.17, 15) is 4.79 Å². The van der Waals surface area contributed by atoms with Gasteiger partial charge in [0.1, 0.15) is 18.2 Å². The highest BCUT2D eigenvalue weighted by molar-refractivity contribution is 6.31. The molecule has 0 N–H and O–H groups in total. The Labute approximate surface area is 111 Å². The predicted octanol–water partition coefficient (Wildman–Crippen LogP) is 2.72. The molecule has 0 saturated carbocycles. The molecule has 0 radical (unpaired) electrons. The second kappa shape index (κ2) is 6.72. The van der Waals surface area contributed by atoms with Gasteiger partial charge in [-0.15, -0.1) is 11.6 Å². The molecule has 0 bridgehead atoms. The lowest BCUT2D eigenvalue weighted by Crippen LogP contribution is -2.31. The summed E-state index contributed by atoms with van der Waals surface area (Å²) >= 11 is 11.3. The van der Waals surface area contributed by atoms with Crippen LogP contribution in [0.3, 0.4) is 0 Å². The molecule has 0 aliphatic rings. The maximum Gasteiger partial charge on any atom is 0.237 e. The summed E-state index contributed by atoms with van der Waals surface area (Å²) in [5, 5.41) is 0.715. The molecule has 3 nitrogen and oxygen atoms in total. The first-order chi connectivity index (χ1) is 8.04. The van der Waals surface area contributed by atoms with Crippen LogP contribution in [0.1, 0.15) is 5.56 Å². The fourth-order valence-corrected chi connectivity index (χ4v) is 1.56. The normalized spacial score (nSPS) is 10.1. The summed E-state index contributed by atoms with van der Waals surface area (Å²) in [6.07, 6.45) is 0. The first kappa shape index (κ1) is 14.1. The number of aryl methyl sites for hydroxylation is 1. The topological polar surface area (TPSA) is 29.5 Å². The molecule has 0 fully saturated rings. The minimum atomic E-state index is -0.109.